The molecule has 1 N–H and O–H groups in total. The van der Waals surface area contributed by atoms with Crippen LogP contribution >= 0.6 is 0 Å². The molecule has 0 bridgehead atoms. The maximum Gasteiger partial charge on any atom is 0.337 e. The van der Waals surface area contributed by atoms with E-state index in [2.05, 4.69) is 13.8 Å². The summed E-state index contributed by atoms with van der Waals surface area (Å²) in [5, 5.41) is 10.5. The van der Waals surface area contributed by atoms with Crippen molar-refractivity contribution in [1.82, 2.24) is 4.90 Å². The molecule has 0 saturated heterocycles. The molecular weight excluding hydrogens is 533 g/mol. The molecule has 0 radical (unpaired) electrons. The number of halogens is 1. The van der Waals surface area contributed by atoms with Crippen LogP contribution in [0.25, 0.3) is 11.1 Å². The topological polar surface area (TPSA) is 76.1 Å². The molecule has 1 atom stereocenters. The van der Waals surface area contributed by atoms with Gasteiger partial charge in [0.2, 0.25) is 5.91 Å². The fourth-order valence-corrected chi connectivity index (χ4v) is 7.33. The predicted octanol–water partition coefficient (Wildman–Crippen LogP) is 7.54. The van der Waals surface area contributed by atoms with Crippen LogP contribution in [0.4, 0.5) is 4.39 Å². The standard InChI is InChI=1S/C35H46FNO5/c1-19-23-10-9-15-41-31(23)27(36)16-25(19)29-21(3)26-18-37(22-11-13-35(7,8)14-12-22)28(38)17-24(26)20(2)30(29)32(33(39)40)42-34(4,5)6/h16,22,32H,9-15,17-18H2,1-8H3,(H,39,40)/t32-/m0/s1. The average Bonchev–Trinajstić information content (AvgIpc) is 2.91. The lowest BCUT2D eigenvalue weighted by Crippen LogP contribution is -2.46. The second-order valence-electron chi connectivity index (χ2n) is 14.3. The van der Waals surface area contributed by atoms with E-state index in [1.54, 1.807) is 0 Å². The third-order valence-electron chi connectivity index (χ3n) is 9.71. The van der Waals surface area contributed by atoms with Crippen molar-refractivity contribution in [2.24, 2.45) is 5.41 Å². The quantitative estimate of drug-likeness (QED) is 0.396. The summed E-state index contributed by atoms with van der Waals surface area (Å²) in [7, 11) is 0. The number of hydrogen-bond donors (Lipinski definition) is 1. The van der Waals surface area contributed by atoms with Gasteiger partial charge in [-0.3, -0.25) is 4.79 Å². The molecule has 1 amide bonds. The van der Waals surface area contributed by atoms with Gasteiger partial charge in [-0.1, -0.05) is 13.8 Å². The highest BCUT2D eigenvalue weighted by atomic mass is 19.1. The maximum atomic E-state index is 15.6. The molecule has 7 heteroatoms. The summed E-state index contributed by atoms with van der Waals surface area (Å²) in [5.41, 5.74) is 6.71. The highest BCUT2D eigenvalue weighted by Gasteiger charge is 2.39. The van der Waals surface area contributed by atoms with Crippen molar-refractivity contribution in [1.29, 1.82) is 0 Å². The first kappa shape index (κ1) is 30.5. The van der Waals surface area contributed by atoms with Crippen molar-refractivity contribution in [2.75, 3.05) is 6.61 Å². The molecule has 1 saturated carbocycles. The number of aliphatic carboxylic acids is 1. The van der Waals surface area contributed by atoms with Crippen LogP contribution in [-0.2, 0) is 33.7 Å². The van der Waals surface area contributed by atoms with Gasteiger partial charge < -0.3 is 19.5 Å². The Labute approximate surface area is 249 Å². The molecule has 2 heterocycles. The Bertz CT molecular complexity index is 1430. The normalized spacial score (nSPS) is 19.6. The van der Waals surface area contributed by atoms with Crippen molar-refractivity contribution in [2.45, 2.75) is 125 Å². The number of ether oxygens (including phenoxy) is 2. The van der Waals surface area contributed by atoms with Crippen LogP contribution < -0.4 is 4.74 Å². The molecule has 2 aromatic rings. The van der Waals surface area contributed by atoms with Crippen LogP contribution in [0.15, 0.2) is 6.07 Å². The number of fused-ring (bicyclic) bond motifs is 2. The fourth-order valence-electron chi connectivity index (χ4n) is 7.33. The molecule has 1 aliphatic carbocycles. The highest BCUT2D eigenvalue weighted by molar-refractivity contribution is 5.89. The summed E-state index contributed by atoms with van der Waals surface area (Å²) in [5.74, 6) is -1.16. The molecule has 0 unspecified atom stereocenters. The Hall–Kier alpha value is -2.93. The Morgan fingerprint density at radius 1 is 1.10 bits per heavy atom. The van der Waals surface area contributed by atoms with Crippen molar-refractivity contribution in [3.8, 4) is 16.9 Å². The monoisotopic (exact) mass is 579 g/mol. The van der Waals surface area contributed by atoms with Gasteiger partial charge in [-0.15, -0.1) is 0 Å². The minimum atomic E-state index is -1.28. The van der Waals surface area contributed by atoms with Gasteiger partial charge >= 0.3 is 5.97 Å². The largest absolute Gasteiger partial charge is 0.490 e. The lowest BCUT2D eigenvalue weighted by Gasteiger charge is -2.43. The maximum absolute atomic E-state index is 15.6. The number of nitrogens with zero attached hydrogens (tertiary/aromatic N) is 1. The van der Waals surface area contributed by atoms with Gasteiger partial charge in [0.25, 0.3) is 0 Å². The number of rotatable bonds is 5. The number of carbonyl (C=O) groups is 2. The number of benzene rings is 2. The number of carbonyl (C=O) groups excluding carboxylic acids is 1. The second kappa shape index (κ2) is 11.0. The SMILES string of the molecule is Cc1c(-c2c(C)c3c(c(C)c2[C@H](OC(C)(C)C)C(=O)O)CC(=O)N(C2CCC(C)(C)CC2)C3)cc(F)c2c1CCCO2. The van der Waals surface area contributed by atoms with Gasteiger partial charge in [-0.2, -0.15) is 0 Å². The minimum absolute atomic E-state index is 0.0881. The Morgan fingerprint density at radius 2 is 1.76 bits per heavy atom. The smallest absolute Gasteiger partial charge is 0.337 e. The summed E-state index contributed by atoms with van der Waals surface area (Å²) in [4.78, 5) is 28.6. The van der Waals surface area contributed by atoms with Crippen LogP contribution in [-0.4, -0.2) is 40.1 Å². The van der Waals surface area contributed by atoms with Crippen LogP contribution in [0.3, 0.4) is 0 Å². The Morgan fingerprint density at radius 3 is 2.38 bits per heavy atom. The van der Waals surface area contributed by atoms with Crippen LogP contribution in [0.1, 0.15) is 112 Å². The average molecular weight is 580 g/mol. The molecule has 2 aromatic carbocycles. The summed E-state index contributed by atoms with van der Waals surface area (Å²) < 4.78 is 27.6. The summed E-state index contributed by atoms with van der Waals surface area (Å²) in [6, 6.07) is 1.69. The Kier molecular flexibility index (Phi) is 7.97. The molecule has 3 aliphatic rings. The summed E-state index contributed by atoms with van der Waals surface area (Å²) >= 11 is 0. The van der Waals surface area contributed by atoms with Gasteiger partial charge in [0.1, 0.15) is 0 Å². The molecule has 228 valence electrons. The summed E-state index contributed by atoms with van der Waals surface area (Å²) in [6.07, 6.45) is 4.55. The van der Waals surface area contributed by atoms with Gasteiger partial charge in [0.15, 0.2) is 17.7 Å². The first-order chi connectivity index (χ1) is 19.6. The van der Waals surface area contributed by atoms with Crippen LogP contribution in [0.5, 0.6) is 5.75 Å². The van der Waals surface area contributed by atoms with Crippen molar-refractivity contribution in [3.05, 3.63) is 50.8 Å². The molecule has 42 heavy (non-hydrogen) atoms. The van der Waals surface area contributed by atoms with E-state index in [1.165, 1.54) is 6.07 Å². The van der Waals surface area contributed by atoms with Crippen LogP contribution in [0.2, 0.25) is 0 Å². The molecule has 6 nitrogen and oxygen atoms in total. The van der Waals surface area contributed by atoms with Gasteiger partial charge in [0.05, 0.1) is 18.6 Å². The van der Waals surface area contributed by atoms with E-state index in [0.717, 1.165) is 65.5 Å². The lowest BCUT2D eigenvalue weighted by atomic mass is 9.74. The fraction of sp³-hybridized carbons (Fsp3) is 0.600. The highest BCUT2D eigenvalue weighted by Crippen LogP contribution is 2.47. The van der Waals surface area contributed by atoms with E-state index in [4.69, 9.17) is 9.47 Å². The first-order valence-corrected chi connectivity index (χ1v) is 15.4. The number of hydrogen-bond acceptors (Lipinski definition) is 4. The number of carboxylic acids is 1. The van der Waals surface area contributed by atoms with Crippen LogP contribution in [0, 0.1) is 32.0 Å². The van der Waals surface area contributed by atoms with E-state index < -0.39 is 23.5 Å². The van der Waals surface area contributed by atoms with E-state index >= 15 is 4.39 Å². The van der Waals surface area contributed by atoms with E-state index in [1.807, 2.05) is 46.4 Å². The van der Waals surface area contributed by atoms with E-state index in [-0.39, 0.29) is 18.4 Å². The number of amides is 1. The summed E-state index contributed by atoms with van der Waals surface area (Å²) in [6.45, 7) is 16.9. The predicted molar refractivity (Wildman–Crippen MR) is 161 cm³/mol. The molecule has 1 fully saturated rings. The second-order valence-corrected chi connectivity index (χ2v) is 14.3. The minimum Gasteiger partial charge on any atom is -0.490 e. The van der Waals surface area contributed by atoms with Gasteiger partial charge in [-0.25, -0.2) is 9.18 Å². The molecular formula is C35H46FNO5. The zero-order chi connectivity index (χ0) is 30.7. The molecule has 0 spiro atoms. The van der Waals surface area contributed by atoms with Crippen molar-refractivity contribution >= 4 is 11.9 Å². The zero-order valence-corrected chi connectivity index (χ0v) is 26.5. The first-order valence-electron chi connectivity index (χ1n) is 15.4. The Balaban J connectivity index is 1.73. The molecule has 0 aromatic heterocycles. The van der Waals surface area contributed by atoms with Crippen molar-refractivity contribution in [3.63, 3.8) is 0 Å². The van der Waals surface area contributed by atoms with E-state index in [0.29, 0.717) is 47.4 Å². The van der Waals surface area contributed by atoms with E-state index in [9.17, 15) is 14.7 Å². The third-order valence-corrected chi connectivity index (χ3v) is 9.71. The van der Waals surface area contributed by atoms with Gasteiger partial charge in [-0.05, 0) is 130 Å². The van der Waals surface area contributed by atoms with Gasteiger partial charge in [0, 0.05) is 23.7 Å². The molecule has 2 aliphatic heterocycles. The third kappa shape index (κ3) is 5.57. The molecule has 5 rings (SSSR count). The van der Waals surface area contributed by atoms with Crippen molar-refractivity contribution < 1.29 is 28.6 Å². The number of carboxylic acid groups (broad SMARTS) is 1. The zero-order valence-electron chi connectivity index (χ0n) is 26.5. The lowest BCUT2D eigenvalue weighted by molar-refractivity contribution is -0.160.